The van der Waals surface area contributed by atoms with E-state index in [1.165, 1.54) is 0 Å². The van der Waals surface area contributed by atoms with E-state index in [0.29, 0.717) is 6.54 Å². The zero-order valence-corrected chi connectivity index (χ0v) is 20.7. The average molecular weight is 460 g/mol. The van der Waals surface area contributed by atoms with Crippen molar-refractivity contribution >= 4 is 29.3 Å². The van der Waals surface area contributed by atoms with Crippen LogP contribution in [0.5, 0.6) is 0 Å². The molecular weight excluding hydrogens is 422 g/mol. The molecule has 1 saturated heterocycles. The summed E-state index contributed by atoms with van der Waals surface area (Å²) in [4.78, 5) is 18.3. The SMILES string of the molecule is C=CC(C)(C)N.C=Nc1cc(-c2ccc3ncc(N4CCN(C)CC4)nc3c2)ccc1CCN. The van der Waals surface area contributed by atoms with Crippen LogP contribution < -0.4 is 16.4 Å². The topological polar surface area (TPSA) is 96.7 Å². The molecule has 4 N–H and O–H groups in total. The fourth-order valence-corrected chi connectivity index (χ4v) is 3.63. The molecule has 0 radical (unpaired) electrons. The van der Waals surface area contributed by atoms with Gasteiger partial charge in [0.15, 0.2) is 0 Å². The number of rotatable bonds is 6. The Kier molecular flexibility index (Phi) is 8.50. The van der Waals surface area contributed by atoms with Crippen molar-refractivity contribution in [1.82, 2.24) is 14.9 Å². The fraction of sp³-hybridized carbons (Fsp3) is 0.370. The molecule has 2 heterocycles. The van der Waals surface area contributed by atoms with Crippen molar-refractivity contribution in [3.8, 4) is 11.1 Å². The summed E-state index contributed by atoms with van der Waals surface area (Å²) < 4.78 is 0. The van der Waals surface area contributed by atoms with Gasteiger partial charge in [-0.25, -0.2) is 4.98 Å². The lowest BCUT2D eigenvalue weighted by molar-refractivity contribution is 0.312. The van der Waals surface area contributed by atoms with Gasteiger partial charge in [0.05, 0.1) is 22.9 Å². The number of hydrogen-bond acceptors (Lipinski definition) is 7. The Hall–Kier alpha value is -3.13. The van der Waals surface area contributed by atoms with Crippen LogP contribution in [-0.2, 0) is 6.42 Å². The second kappa shape index (κ2) is 11.3. The lowest BCUT2D eigenvalue weighted by Gasteiger charge is -2.33. The lowest BCUT2D eigenvalue weighted by atomic mass is 10.0. The van der Waals surface area contributed by atoms with Gasteiger partial charge in [-0.15, -0.1) is 6.58 Å². The van der Waals surface area contributed by atoms with Crippen LogP contribution in [0.2, 0.25) is 0 Å². The molecule has 0 saturated carbocycles. The highest BCUT2D eigenvalue weighted by atomic mass is 15.3. The minimum Gasteiger partial charge on any atom is -0.353 e. The number of aromatic nitrogens is 2. The number of anilines is 1. The van der Waals surface area contributed by atoms with Crippen LogP contribution in [0, 0.1) is 0 Å². The van der Waals surface area contributed by atoms with Gasteiger partial charge >= 0.3 is 0 Å². The first-order valence-corrected chi connectivity index (χ1v) is 11.7. The van der Waals surface area contributed by atoms with Crippen LogP contribution in [0.1, 0.15) is 19.4 Å². The maximum Gasteiger partial charge on any atom is 0.147 e. The van der Waals surface area contributed by atoms with Crippen LogP contribution in [0.15, 0.2) is 60.2 Å². The highest BCUT2D eigenvalue weighted by molar-refractivity contribution is 5.83. The third-order valence-electron chi connectivity index (χ3n) is 5.89. The summed E-state index contributed by atoms with van der Waals surface area (Å²) in [6, 6.07) is 12.5. The summed E-state index contributed by atoms with van der Waals surface area (Å²) in [5.74, 6) is 0.949. The van der Waals surface area contributed by atoms with Crippen LogP contribution in [0.4, 0.5) is 11.5 Å². The van der Waals surface area contributed by atoms with Crippen LogP contribution in [-0.4, -0.2) is 66.9 Å². The number of nitrogens with two attached hydrogens (primary N) is 2. The molecule has 0 atom stereocenters. The second-order valence-electron chi connectivity index (χ2n) is 9.29. The van der Waals surface area contributed by atoms with Gasteiger partial charge in [-0.2, -0.15) is 0 Å². The van der Waals surface area contributed by atoms with E-state index in [1.807, 2.05) is 26.1 Å². The third kappa shape index (κ3) is 6.70. The maximum atomic E-state index is 5.69. The van der Waals surface area contributed by atoms with Crippen LogP contribution in [0.3, 0.4) is 0 Å². The first-order chi connectivity index (χ1) is 16.2. The first kappa shape index (κ1) is 25.5. The summed E-state index contributed by atoms with van der Waals surface area (Å²) in [6.45, 7) is 15.7. The Morgan fingerprint density at radius 1 is 1.06 bits per heavy atom. The molecule has 1 aliphatic rings. The maximum absolute atomic E-state index is 5.69. The van der Waals surface area contributed by atoms with E-state index in [-0.39, 0.29) is 5.54 Å². The fourth-order valence-electron chi connectivity index (χ4n) is 3.63. The van der Waals surface area contributed by atoms with Gasteiger partial charge in [-0.3, -0.25) is 9.98 Å². The lowest BCUT2D eigenvalue weighted by Crippen LogP contribution is -2.44. The molecule has 0 amide bonds. The molecular formula is C27H37N7. The molecule has 7 nitrogen and oxygen atoms in total. The third-order valence-corrected chi connectivity index (χ3v) is 5.89. The number of nitrogens with zero attached hydrogens (tertiary/aromatic N) is 5. The summed E-state index contributed by atoms with van der Waals surface area (Å²) in [7, 11) is 2.15. The molecule has 2 aromatic carbocycles. The van der Waals surface area contributed by atoms with Crippen molar-refractivity contribution in [3.63, 3.8) is 0 Å². The van der Waals surface area contributed by atoms with E-state index in [0.717, 1.165) is 71.8 Å². The average Bonchev–Trinajstić information content (AvgIpc) is 2.84. The highest BCUT2D eigenvalue weighted by Crippen LogP contribution is 2.29. The number of benzene rings is 2. The Labute approximate surface area is 203 Å². The number of aliphatic imine (C=N–C) groups is 1. The predicted octanol–water partition coefficient (Wildman–Crippen LogP) is 3.79. The predicted molar refractivity (Wildman–Crippen MR) is 145 cm³/mol. The van der Waals surface area contributed by atoms with Gasteiger partial charge in [-0.1, -0.05) is 24.3 Å². The second-order valence-corrected chi connectivity index (χ2v) is 9.29. The highest BCUT2D eigenvalue weighted by Gasteiger charge is 2.16. The van der Waals surface area contributed by atoms with Gasteiger partial charge in [-0.05, 0) is 75.5 Å². The van der Waals surface area contributed by atoms with E-state index in [4.69, 9.17) is 16.5 Å². The van der Waals surface area contributed by atoms with Crippen molar-refractivity contribution in [3.05, 3.63) is 60.8 Å². The summed E-state index contributed by atoms with van der Waals surface area (Å²) >= 11 is 0. The van der Waals surface area contributed by atoms with Crippen LogP contribution >= 0.6 is 0 Å². The van der Waals surface area contributed by atoms with Gasteiger partial charge < -0.3 is 21.3 Å². The van der Waals surface area contributed by atoms with E-state index in [9.17, 15) is 0 Å². The Bertz CT molecular complexity index is 1130. The molecule has 0 unspecified atom stereocenters. The first-order valence-electron chi connectivity index (χ1n) is 11.7. The Morgan fingerprint density at radius 2 is 1.71 bits per heavy atom. The molecule has 4 rings (SSSR count). The standard InChI is InChI=1S/C22H26N6.C5H11N/c1-24-20-13-17(4-3-16(20)7-8-23)18-5-6-19-21(14-18)26-22(15-25-19)28-11-9-27(2)10-12-28;1-4-5(2,3)6/h3-6,13-15H,1,7-12,23H2,2H3;4H,1,6H2,2-3H3. The molecule has 1 fully saturated rings. The van der Waals surface area contributed by atoms with E-state index in [2.05, 4.69) is 70.5 Å². The van der Waals surface area contributed by atoms with Gasteiger partial charge in [0.25, 0.3) is 0 Å². The van der Waals surface area contributed by atoms with E-state index < -0.39 is 0 Å². The van der Waals surface area contributed by atoms with E-state index >= 15 is 0 Å². The molecule has 3 aromatic rings. The van der Waals surface area contributed by atoms with E-state index in [1.54, 1.807) is 6.08 Å². The number of hydrogen-bond donors (Lipinski definition) is 2. The summed E-state index contributed by atoms with van der Waals surface area (Å²) in [6.07, 6.45) is 4.40. The Morgan fingerprint density at radius 3 is 2.32 bits per heavy atom. The zero-order valence-electron chi connectivity index (χ0n) is 20.7. The van der Waals surface area contributed by atoms with Crippen molar-refractivity contribution in [1.29, 1.82) is 0 Å². The molecule has 34 heavy (non-hydrogen) atoms. The summed E-state index contributed by atoms with van der Waals surface area (Å²) in [5, 5.41) is 0. The largest absolute Gasteiger partial charge is 0.353 e. The molecule has 1 aromatic heterocycles. The summed E-state index contributed by atoms with van der Waals surface area (Å²) in [5.41, 5.74) is 16.9. The van der Waals surface area contributed by atoms with Crippen LogP contribution in [0.25, 0.3) is 22.2 Å². The van der Waals surface area contributed by atoms with Crippen molar-refractivity contribution in [2.45, 2.75) is 25.8 Å². The zero-order chi connectivity index (χ0) is 24.7. The molecule has 0 aliphatic carbocycles. The normalized spacial score (nSPS) is 14.4. The van der Waals surface area contributed by atoms with Gasteiger partial charge in [0.1, 0.15) is 5.82 Å². The molecule has 180 valence electrons. The number of likely N-dealkylation sites (N-methyl/N-ethyl adjacent to an activating group) is 1. The van der Waals surface area contributed by atoms with Crippen molar-refractivity contribution < 1.29 is 0 Å². The van der Waals surface area contributed by atoms with Gasteiger partial charge in [0.2, 0.25) is 0 Å². The van der Waals surface area contributed by atoms with Gasteiger partial charge in [0, 0.05) is 31.7 Å². The molecule has 7 heteroatoms. The smallest absolute Gasteiger partial charge is 0.147 e. The van der Waals surface area contributed by atoms with Crippen molar-refractivity contribution in [2.75, 3.05) is 44.7 Å². The molecule has 1 aliphatic heterocycles. The minimum atomic E-state index is -0.194. The molecule has 0 spiro atoms. The quantitative estimate of drug-likeness (QED) is 0.430. The number of piperazine rings is 1. The Balaban J connectivity index is 0.000000481. The monoisotopic (exact) mass is 459 g/mol. The minimum absolute atomic E-state index is 0.194. The number of fused-ring (bicyclic) bond motifs is 1. The van der Waals surface area contributed by atoms with Crippen molar-refractivity contribution in [2.24, 2.45) is 16.5 Å². The molecule has 0 bridgehead atoms.